The molecule has 3 nitrogen and oxygen atoms in total. The van der Waals surface area contributed by atoms with Gasteiger partial charge in [-0.05, 0) is 24.1 Å². The van der Waals surface area contributed by atoms with Crippen LogP contribution in [0.15, 0.2) is 23.8 Å². The molecule has 0 unspecified atom stereocenters. The van der Waals surface area contributed by atoms with Crippen molar-refractivity contribution >= 4 is 6.08 Å². The average Bonchev–Trinajstić information content (AvgIpc) is 2.60. The third kappa shape index (κ3) is 3.01. The van der Waals surface area contributed by atoms with Gasteiger partial charge in [0.05, 0.1) is 13.2 Å². The Bertz CT molecular complexity index is 407. The van der Waals surface area contributed by atoms with Crippen molar-refractivity contribution in [2.45, 2.75) is 19.8 Å². The molecule has 2 N–H and O–H groups in total. The van der Waals surface area contributed by atoms with Gasteiger partial charge in [-0.1, -0.05) is 24.6 Å². The molecule has 0 fully saturated rings. The summed E-state index contributed by atoms with van der Waals surface area (Å²) >= 11 is 0. The van der Waals surface area contributed by atoms with Gasteiger partial charge in [0.15, 0.2) is 11.5 Å². The van der Waals surface area contributed by atoms with Crippen molar-refractivity contribution < 1.29 is 9.47 Å². The Hall–Kier alpha value is -1.48. The van der Waals surface area contributed by atoms with Gasteiger partial charge < -0.3 is 15.2 Å². The van der Waals surface area contributed by atoms with Gasteiger partial charge in [0.2, 0.25) is 0 Å². The molecule has 3 heteroatoms. The maximum Gasteiger partial charge on any atom is 0.161 e. The molecule has 1 aromatic carbocycles. The van der Waals surface area contributed by atoms with Crippen molar-refractivity contribution in [2.75, 3.05) is 19.8 Å². The lowest BCUT2D eigenvalue weighted by Gasteiger charge is -2.08. The van der Waals surface area contributed by atoms with Crippen molar-refractivity contribution in [2.24, 2.45) is 5.73 Å². The lowest BCUT2D eigenvalue weighted by molar-refractivity contribution is 0.297. The second kappa shape index (κ2) is 5.73. The maximum absolute atomic E-state index is 5.67. The minimum atomic E-state index is 0.602. The molecule has 0 saturated carbocycles. The zero-order valence-electron chi connectivity index (χ0n) is 10.2. The van der Waals surface area contributed by atoms with Crippen LogP contribution in [0.4, 0.5) is 0 Å². The SMILES string of the molecule is CCC(=Cc1ccc2c(c1)OCCCO2)CN. The Morgan fingerprint density at radius 2 is 2.06 bits per heavy atom. The quantitative estimate of drug-likeness (QED) is 0.872. The van der Waals surface area contributed by atoms with Gasteiger partial charge in [-0.2, -0.15) is 0 Å². The van der Waals surface area contributed by atoms with Crippen LogP contribution in [0.5, 0.6) is 11.5 Å². The first-order chi connectivity index (χ1) is 8.33. The van der Waals surface area contributed by atoms with E-state index in [9.17, 15) is 0 Å². The third-order valence-corrected chi connectivity index (χ3v) is 2.86. The Kier molecular flexibility index (Phi) is 4.04. The van der Waals surface area contributed by atoms with Crippen LogP contribution < -0.4 is 15.2 Å². The van der Waals surface area contributed by atoms with Crippen LogP contribution in [-0.2, 0) is 0 Å². The van der Waals surface area contributed by atoms with Crippen LogP contribution in [0.1, 0.15) is 25.3 Å². The molecule has 17 heavy (non-hydrogen) atoms. The molecule has 0 aromatic heterocycles. The van der Waals surface area contributed by atoms with Gasteiger partial charge >= 0.3 is 0 Å². The Labute approximate surface area is 102 Å². The van der Waals surface area contributed by atoms with E-state index in [2.05, 4.69) is 13.0 Å². The predicted octanol–water partition coefficient (Wildman–Crippen LogP) is 2.60. The van der Waals surface area contributed by atoms with Crippen LogP contribution in [0.3, 0.4) is 0 Å². The summed E-state index contributed by atoms with van der Waals surface area (Å²) in [4.78, 5) is 0. The number of hydrogen-bond acceptors (Lipinski definition) is 3. The number of rotatable bonds is 3. The maximum atomic E-state index is 5.67. The van der Waals surface area contributed by atoms with Gasteiger partial charge in [0, 0.05) is 13.0 Å². The lowest BCUT2D eigenvalue weighted by atomic mass is 10.1. The Morgan fingerprint density at radius 3 is 2.76 bits per heavy atom. The zero-order chi connectivity index (χ0) is 12.1. The van der Waals surface area contributed by atoms with Gasteiger partial charge in [0.1, 0.15) is 0 Å². The highest BCUT2D eigenvalue weighted by Crippen LogP contribution is 2.31. The van der Waals surface area contributed by atoms with Gasteiger partial charge in [-0.3, -0.25) is 0 Å². The highest BCUT2D eigenvalue weighted by molar-refractivity contribution is 5.58. The molecule has 1 aromatic rings. The predicted molar refractivity (Wildman–Crippen MR) is 69.4 cm³/mol. The molecule has 0 radical (unpaired) electrons. The highest BCUT2D eigenvalue weighted by Gasteiger charge is 2.09. The molecule has 2 rings (SSSR count). The second-order valence-electron chi connectivity index (χ2n) is 4.12. The summed E-state index contributed by atoms with van der Waals surface area (Å²) in [5.41, 5.74) is 8.03. The number of nitrogens with two attached hydrogens (primary N) is 1. The van der Waals surface area contributed by atoms with Crippen molar-refractivity contribution in [3.8, 4) is 11.5 Å². The van der Waals surface area contributed by atoms with E-state index in [0.29, 0.717) is 6.54 Å². The van der Waals surface area contributed by atoms with Crippen molar-refractivity contribution in [3.63, 3.8) is 0 Å². The lowest BCUT2D eigenvalue weighted by Crippen LogP contribution is -2.01. The fourth-order valence-corrected chi connectivity index (χ4v) is 1.81. The standard InChI is InChI=1S/C14H19NO2/c1-2-11(10-15)8-12-4-5-13-14(9-12)17-7-3-6-16-13/h4-5,8-9H,2-3,6-7,10,15H2,1H3. The van der Waals surface area contributed by atoms with E-state index in [-0.39, 0.29) is 0 Å². The molecule has 1 aliphatic heterocycles. The summed E-state index contributed by atoms with van der Waals surface area (Å²) in [5, 5.41) is 0. The Morgan fingerprint density at radius 1 is 1.29 bits per heavy atom. The van der Waals surface area contributed by atoms with E-state index >= 15 is 0 Å². The molecule has 0 aliphatic carbocycles. The first-order valence-corrected chi connectivity index (χ1v) is 6.12. The zero-order valence-corrected chi connectivity index (χ0v) is 10.2. The normalized spacial score (nSPS) is 15.5. The van der Waals surface area contributed by atoms with Gasteiger partial charge in [-0.15, -0.1) is 0 Å². The van der Waals surface area contributed by atoms with Crippen LogP contribution in [-0.4, -0.2) is 19.8 Å². The molecule has 0 amide bonds. The first-order valence-electron chi connectivity index (χ1n) is 6.12. The molecule has 1 aliphatic rings. The van der Waals surface area contributed by atoms with E-state index in [1.54, 1.807) is 0 Å². The number of hydrogen-bond donors (Lipinski definition) is 1. The van der Waals surface area contributed by atoms with E-state index in [0.717, 1.165) is 43.1 Å². The molecule has 92 valence electrons. The minimum Gasteiger partial charge on any atom is -0.490 e. The van der Waals surface area contributed by atoms with Crippen molar-refractivity contribution in [1.29, 1.82) is 0 Å². The van der Waals surface area contributed by atoms with E-state index in [1.165, 1.54) is 5.57 Å². The molecular weight excluding hydrogens is 214 g/mol. The topological polar surface area (TPSA) is 44.5 Å². The number of fused-ring (bicyclic) bond motifs is 1. The van der Waals surface area contributed by atoms with E-state index < -0.39 is 0 Å². The number of benzene rings is 1. The van der Waals surface area contributed by atoms with Gasteiger partial charge in [0.25, 0.3) is 0 Å². The van der Waals surface area contributed by atoms with Crippen molar-refractivity contribution in [3.05, 3.63) is 29.3 Å². The fraction of sp³-hybridized carbons (Fsp3) is 0.429. The van der Waals surface area contributed by atoms with Gasteiger partial charge in [-0.25, -0.2) is 0 Å². The smallest absolute Gasteiger partial charge is 0.161 e. The molecule has 0 saturated heterocycles. The van der Waals surface area contributed by atoms with Crippen LogP contribution in [0.2, 0.25) is 0 Å². The summed E-state index contributed by atoms with van der Waals surface area (Å²) in [7, 11) is 0. The summed E-state index contributed by atoms with van der Waals surface area (Å²) in [5.74, 6) is 1.68. The molecular formula is C14H19NO2. The van der Waals surface area contributed by atoms with Crippen LogP contribution in [0, 0.1) is 0 Å². The highest BCUT2D eigenvalue weighted by atomic mass is 16.5. The molecule has 0 bridgehead atoms. The van der Waals surface area contributed by atoms with E-state index in [1.807, 2.05) is 18.2 Å². The average molecular weight is 233 g/mol. The number of ether oxygens (including phenoxy) is 2. The first kappa shape index (κ1) is 12.0. The van der Waals surface area contributed by atoms with E-state index in [4.69, 9.17) is 15.2 Å². The fourth-order valence-electron chi connectivity index (χ4n) is 1.81. The third-order valence-electron chi connectivity index (χ3n) is 2.86. The minimum absolute atomic E-state index is 0.602. The molecule has 1 heterocycles. The summed E-state index contributed by atoms with van der Waals surface area (Å²) in [6.45, 7) is 4.16. The van der Waals surface area contributed by atoms with Crippen molar-refractivity contribution in [1.82, 2.24) is 0 Å². The van der Waals surface area contributed by atoms with Crippen LogP contribution in [0.25, 0.3) is 6.08 Å². The summed E-state index contributed by atoms with van der Waals surface area (Å²) < 4.78 is 11.2. The largest absolute Gasteiger partial charge is 0.490 e. The monoisotopic (exact) mass is 233 g/mol. The summed E-state index contributed by atoms with van der Waals surface area (Å²) in [6, 6.07) is 6.03. The molecule has 0 spiro atoms. The summed E-state index contributed by atoms with van der Waals surface area (Å²) in [6.07, 6.45) is 4.03. The van der Waals surface area contributed by atoms with Crippen LogP contribution >= 0.6 is 0 Å². The molecule has 0 atom stereocenters. The second-order valence-corrected chi connectivity index (χ2v) is 4.12. The Balaban J connectivity index is 2.26.